The smallest absolute Gasteiger partial charge is 0.311 e. The lowest BCUT2D eigenvalue weighted by Gasteiger charge is -2.54. The molecule has 1 N–H and O–H groups in total. The van der Waals surface area contributed by atoms with Gasteiger partial charge in [0.2, 0.25) is 6.29 Å². The Morgan fingerprint density at radius 3 is 2.50 bits per heavy atom. The lowest BCUT2D eigenvalue weighted by atomic mass is 9.58. The fourth-order valence-corrected chi connectivity index (χ4v) is 4.88. The summed E-state index contributed by atoms with van der Waals surface area (Å²) in [5.74, 6) is 0.375. The lowest BCUT2D eigenvalue weighted by Crippen LogP contribution is -2.66. The molecule has 4 nitrogen and oxygen atoms in total. The first kappa shape index (κ1) is 16.3. The normalized spacial score (nSPS) is 52.0. The van der Waals surface area contributed by atoms with Gasteiger partial charge in [-0.15, -0.1) is 0 Å². The third kappa shape index (κ3) is 2.14. The van der Waals surface area contributed by atoms with Crippen molar-refractivity contribution in [3.8, 4) is 0 Å². The van der Waals surface area contributed by atoms with E-state index in [1.165, 1.54) is 0 Å². The van der Waals surface area contributed by atoms with Crippen LogP contribution in [0, 0.1) is 29.6 Å². The van der Waals surface area contributed by atoms with Crippen molar-refractivity contribution in [3.05, 3.63) is 0 Å². The summed E-state index contributed by atoms with van der Waals surface area (Å²) in [6, 6.07) is 0. The van der Waals surface area contributed by atoms with E-state index in [0.29, 0.717) is 11.8 Å². The van der Waals surface area contributed by atoms with Crippen molar-refractivity contribution < 1.29 is 19.4 Å². The summed E-state index contributed by atoms with van der Waals surface area (Å²) in [6.45, 7) is 10.5. The fourth-order valence-electron chi connectivity index (χ4n) is 4.88. The predicted molar refractivity (Wildman–Crippen MR) is 82.9 cm³/mol. The van der Waals surface area contributed by atoms with E-state index in [1.807, 2.05) is 6.92 Å². The third-order valence-electron chi connectivity index (χ3n) is 6.93. The summed E-state index contributed by atoms with van der Waals surface area (Å²) in [5, 5.41) is 11.6. The number of hydrogen-bond acceptors (Lipinski definition) is 4. The van der Waals surface area contributed by atoms with Crippen LogP contribution < -0.4 is 0 Å². The SMILES string of the molecule is CC(C)[C@]1(C)CCC2[C@H](C)CCC3[C@@H](C)C(=O)O[C@H](O1)[C@@]23O. The van der Waals surface area contributed by atoms with Crippen molar-refractivity contribution in [2.45, 2.75) is 77.8 Å². The van der Waals surface area contributed by atoms with E-state index in [2.05, 4.69) is 27.7 Å². The molecule has 1 aliphatic carbocycles. The quantitative estimate of drug-likeness (QED) is 0.756. The monoisotopic (exact) mass is 310 g/mol. The van der Waals surface area contributed by atoms with E-state index in [1.54, 1.807) is 0 Å². The third-order valence-corrected chi connectivity index (χ3v) is 6.93. The van der Waals surface area contributed by atoms with Crippen molar-refractivity contribution in [1.29, 1.82) is 0 Å². The van der Waals surface area contributed by atoms with Crippen LogP contribution >= 0.6 is 0 Å². The molecule has 0 radical (unpaired) electrons. The zero-order valence-electron chi connectivity index (χ0n) is 14.5. The topological polar surface area (TPSA) is 55.8 Å². The second-order valence-electron chi connectivity index (χ2n) is 8.34. The molecule has 1 saturated carbocycles. The summed E-state index contributed by atoms with van der Waals surface area (Å²) in [4.78, 5) is 12.3. The molecule has 3 rings (SSSR count). The zero-order chi connectivity index (χ0) is 16.3. The first-order valence-electron chi connectivity index (χ1n) is 8.81. The largest absolute Gasteiger partial charge is 0.432 e. The van der Waals surface area contributed by atoms with Gasteiger partial charge in [-0.1, -0.05) is 27.7 Å². The van der Waals surface area contributed by atoms with Crippen LogP contribution in [0.25, 0.3) is 0 Å². The molecule has 0 aromatic carbocycles. The minimum absolute atomic E-state index is 0.0468. The van der Waals surface area contributed by atoms with E-state index in [-0.39, 0.29) is 29.3 Å². The molecule has 126 valence electrons. The van der Waals surface area contributed by atoms with Gasteiger partial charge in [0.25, 0.3) is 0 Å². The Kier molecular flexibility index (Phi) is 3.84. The Hall–Kier alpha value is -0.610. The highest BCUT2D eigenvalue weighted by Crippen LogP contribution is 2.55. The van der Waals surface area contributed by atoms with Gasteiger partial charge < -0.3 is 14.6 Å². The molecule has 3 fully saturated rings. The highest BCUT2D eigenvalue weighted by atomic mass is 16.7. The number of carbonyl (C=O) groups excluding carboxylic acids is 1. The minimum atomic E-state index is -1.03. The van der Waals surface area contributed by atoms with E-state index in [4.69, 9.17) is 9.47 Å². The summed E-state index contributed by atoms with van der Waals surface area (Å²) in [6.07, 6.45) is 2.97. The van der Waals surface area contributed by atoms with Crippen LogP contribution in [0.1, 0.15) is 60.3 Å². The average molecular weight is 310 g/mol. The number of carbonyl (C=O) groups is 1. The van der Waals surface area contributed by atoms with Gasteiger partial charge in [-0.3, -0.25) is 4.79 Å². The predicted octanol–water partition coefficient (Wildman–Crippen LogP) is 3.12. The van der Waals surface area contributed by atoms with E-state index in [9.17, 15) is 9.90 Å². The minimum Gasteiger partial charge on any atom is -0.432 e. The molecule has 2 unspecified atom stereocenters. The Bertz CT molecular complexity index is 462. The van der Waals surface area contributed by atoms with Gasteiger partial charge in [-0.05, 0) is 50.4 Å². The summed E-state index contributed by atoms with van der Waals surface area (Å²) in [5.41, 5.74) is -1.39. The Morgan fingerprint density at radius 2 is 1.86 bits per heavy atom. The molecule has 4 heteroatoms. The molecule has 22 heavy (non-hydrogen) atoms. The van der Waals surface area contributed by atoms with Crippen LogP contribution in [-0.2, 0) is 14.3 Å². The maximum atomic E-state index is 12.3. The molecule has 0 bridgehead atoms. The highest BCUT2D eigenvalue weighted by Gasteiger charge is 2.64. The number of esters is 1. The Labute approximate surface area is 133 Å². The van der Waals surface area contributed by atoms with Crippen LogP contribution in [0.3, 0.4) is 0 Å². The molecule has 7 atom stereocenters. The van der Waals surface area contributed by atoms with E-state index >= 15 is 0 Å². The molecule has 0 spiro atoms. The Morgan fingerprint density at radius 1 is 1.18 bits per heavy atom. The second kappa shape index (κ2) is 5.20. The van der Waals surface area contributed by atoms with E-state index in [0.717, 1.165) is 25.7 Å². The standard InChI is InChI=1S/C18H30O4/c1-10(2)17(5)9-8-13-11(3)6-7-14-12(4)15(19)21-16(22-17)18(13,14)20/h10-14,16,20H,6-9H2,1-5H3/t11-,12-,13?,14?,16-,17+,18-/m1/s1. The first-order chi connectivity index (χ1) is 10.2. The van der Waals surface area contributed by atoms with Crippen LogP contribution in [-0.4, -0.2) is 28.6 Å². The second-order valence-corrected chi connectivity index (χ2v) is 8.34. The molecule has 0 amide bonds. The lowest BCUT2D eigenvalue weighted by molar-refractivity contribution is -0.321. The van der Waals surface area contributed by atoms with Gasteiger partial charge in [0, 0.05) is 5.92 Å². The maximum Gasteiger partial charge on any atom is 0.311 e. The molecule has 0 aromatic heterocycles. The zero-order valence-corrected chi connectivity index (χ0v) is 14.5. The van der Waals surface area contributed by atoms with Crippen molar-refractivity contribution in [3.63, 3.8) is 0 Å². The molecular weight excluding hydrogens is 280 g/mol. The van der Waals surface area contributed by atoms with E-state index < -0.39 is 11.9 Å². The van der Waals surface area contributed by atoms with Gasteiger partial charge in [0.15, 0.2) is 0 Å². The van der Waals surface area contributed by atoms with Crippen molar-refractivity contribution in [2.24, 2.45) is 29.6 Å². The molecular formula is C18H30O4. The summed E-state index contributed by atoms with van der Waals surface area (Å²) in [7, 11) is 0. The Balaban J connectivity index is 2.04. The molecule has 2 heterocycles. The van der Waals surface area contributed by atoms with Gasteiger partial charge >= 0.3 is 5.97 Å². The molecule has 3 aliphatic rings. The maximum absolute atomic E-state index is 12.3. The fraction of sp³-hybridized carbons (Fsp3) is 0.944. The van der Waals surface area contributed by atoms with Gasteiger partial charge in [-0.2, -0.15) is 0 Å². The average Bonchev–Trinajstić information content (AvgIpc) is 2.55. The summed E-state index contributed by atoms with van der Waals surface area (Å²) >= 11 is 0. The molecule has 0 aromatic rings. The number of rotatable bonds is 1. The number of ether oxygens (including phenoxy) is 2. The van der Waals surface area contributed by atoms with Crippen LogP contribution in [0.15, 0.2) is 0 Å². The van der Waals surface area contributed by atoms with Gasteiger partial charge in [-0.25, -0.2) is 0 Å². The van der Waals surface area contributed by atoms with Crippen LogP contribution in [0.2, 0.25) is 0 Å². The first-order valence-corrected chi connectivity index (χ1v) is 8.81. The number of aliphatic hydroxyl groups is 1. The molecule has 2 aliphatic heterocycles. The molecule has 2 saturated heterocycles. The van der Waals surface area contributed by atoms with Gasteiger partial charge in [0.1, 0.15) is 5.60 Å². The van der Waals surface area contributed by atoms with Crippen LogP contribution in [0.5, 0.6) is 0 Å². The van der Waals surface area contributed by atoms with Crippen molar-refractivity contribution >= 4 is 5.97 Å². The van der Waals surface area contributed by atoms with Crippen molar-refractivity contribution in [2.75, 3.05) is 0 Å². The van der Waals surface area contributed by atoms with Crippen molar-refractivity contribution in [1.82, 2.24) is 0 Å². The number of hydrogen-bond donors (Lipinski definition) is 1. The van der Waals surface area contributed by atoms with Crippen LogP contribution in [0.4, 0.5) is 0 Å². The highest BCUT2D eigenvalue weighted by molar-refractivity contribution is 5.74. The summed E-state index contributed by atoms with van der Waals surface area (Å²) < 4.78 is 11.9. The van der Waals surface area contributed by atoms with Gasteiger partial charge in [0.05, 0.1) is 11.5 Å².